The first-order chi connectivity index (χ1) is 18.3. The number of aryl methyl sites for hydroxylation is 1. The quantitative estimate of drug-likeness (QED) is 0.529. The van der Waals surface area contributed by atoms with Crippen molar-refractivity contribution in [2.24, 2.45) is 11.1 Å². The minimum Gasteiger partial charge on any atom is -0.491 e. The van der Waals surface area contributed by atoms with Crippen LogP contribution in [0.3, 0.4) is 0 Å². The molecule has 0 bridgehead atoms. The Labute approximate surface area is 220 Å². The molecule has 198 valence electrons. The van der Waals surface area contributed by atoms with Crippen molar-refractivity contribution in [2.45, 2.75) is 32.2 Å². The van der Waals surface area contributed by atoms with Crippen LogP contribution in [0.1, 0.15) is 41.4 Å². The number of hydrogen-bond donors (Lipinski definition) is 1. The lowest BCUT2D eigenvalue weighted by Gasteiger charge is -2.42. The highest BCUT2D eigenvalue weighted by molar-refractivity contribution is 5.48. The van der Waals surface area contributed by atoms with Crippen LogP contribution < -0.4 is 20.9 Å². The maximum atomic E-state index is 14.9. The monoisotopic (exact) mass is 520 g/mol. The number of nitrogens with two attached hydrogens (primary N) is 1. The lowest BCUT2D eigenvalue weighted by atomic mass is 9.73. The summed E-state index contributed by atoms with van der Waals surface area (Å²) in [6, 6.07) is 9.83. The van der Waals surface area contributed by atoms with Crippen LogP contribution >= 0.6 is 0 Å². The van der Waals surface area contributed by atoms with Crippen LogP contribution in [0.25, 0.3) is 5.69 Å². The molecule has 1 aliphatic heterocycles. The van der Waals surface area contributed by atoms with Crippen molar-refractivity contribution in [1.82, 2.24) is 9.55 Å². The normalized spacial score (nSPS) is 17.7. The van der Waals surface area contributed by atoms with E-state index >= 15 is 0 Å². The molecule has 0 unspecified atom stereocenters. The topological polar surface area (TPSA) is 82.6 Å². The smallest absolute Gasteiger partial charge is 0.260 e. The predicted molar refractivity (Wildman–Crippen MR) is 141 cm³/mol. The number of anilines is 1. The number of nitrogens with zero attached hydrogens (tertiary/aromatic N) is 3. The maximum absolute atomic E-state index is 14.9. The molecule has 2 N–H and O–H groups in total. The van der Waals surface area contributed by atoms with Gasteiger partial charge in [0.05, 0.1) is 12.8 Å². The lowest BCUT2D eigenvalue weighted by Crippen LogP contribution is -2.45. The molecule has 2 aliphatic rings. The molecule has 2 aromatic carbocycles. The highest BCUT2D eigenvalue weighted by Crippen LogP contribution is 2.51. The Balaban J connectivity index is 1.35. The standard InChI is InChI=1S/C29H30F2N4O3/c1-18-33-24(16-25(36)35(18)23-9-8-22(30)27(38-3)26(23)31)34-12-10-29(11-13-34)17-20-7-6-19(5-4-14-37-2)15-21(20)28(29)32/h6-9,15-16,28H,10-14,17,32H2,1-3H3/t28-/m1/s1. The van der Waals surface area contributed by atoms with Crippen molar-refractivity contribution in [3.63, 3.8) is 0 Å². The van der Waals surface area contributed by atoms with E-state index in [-0.39, 0.29) is 17.1 Å². The number of fused-ring (bicyclic) bond motifs is 1. The van der Waals surface area contributed by atoms with Crippen molar-refractivity contribution in [2.75, 3.05) is 38.8 Å². The molecule has 3 aromatic rings. The number of methoxy groups -OCH3 is 2. The van der Waals surface area contributed by atoms with E-state index in [1.807, 2.05) is 6.07 Å². The Morgan fingerprint density at radius 3 is 2.61 bits per heavy atom. The third-order valence-corrected chi connectivity index (χ3v) is 7.76. The molecule has 0 saturated carbocycles. The molecule has 7 nitrogen and oxygen atoms in total. The first kappa shape index (κ1) is 25.9. The zero-order chi connectivity index (χ0) is 27.0. The van der Waals surface area contributed by atoms with E-state index < -0.39 is 22.9 Å². The van der Waals surface area contributed by atoms with Crippen molar-refractivity contribution in [3.05, 3.63) is 80.9 Å². The fraction of sp³-hybridized carbons (Fsp3) is 0.379. The van der Waals surface area contributed by atoms with Gasteiger partial charge in [0.1, 0.15) is 18.2 Å². The molecule has 1 spiro atoms. The van der Waals surface area contributed by atoms with Gasteiger partial charge in [0, 0.05) is 37.9 Å². The van der Waals surface area contributed by atoms with Gasteiger partial charge in [-0.05, 0) is 67.0 Å². The van der Waals surface area contributed by atoms with Gasteiger partial charge in [-0.15, -0.1) is 0 Å². The third-order valence-electron chi connectivity index (χ3n) is 7.76. The van der Waals surface area contributed by atoms with Crippen LogP contribution in [-0.2, 0) is 11.2 Å². The summed E-state index contributed by atoms with van der Waals surface area (Å²) >= 11 is 0. The summed E-state index contributed by atoms with van der Waals surface area (Å²) in [5, 5.41) is 0. The Morgan fingerprint density at radius 2 is 1.92 bits per heavy atom. The Kier molecular flexibility index (Phi) is 6.95. The number of rotatable bonds is 4. The summed E-state index contributed by atoms with van der Waals surface area (Å²) in [7, 11) is 2.80. The van der Waals surface area contributed by atoms with Crippen molar-refractivity contribution in [1.29, 1.82) is 0 Å². The van der Waals surface area contributed by atoms with Gasteiger partial charge in [-0.3, -0.25) is 9.36 Å². The summed E-state index contributed by atoms with van der Waals surface area (Å²) in [6.45, 7) is 3.39. The van der Waals surface area contributed by atoms with Crippen LogP contribution in [0.15, 0.2) is 41.2 Å². The van der Waals surface area contributed by atoms with Crippen LogP contribution in [-0.4, -0.2) is 43.5 Å². The molecule has 0 radical (unpaired) electrons. The SMILES string of the molecule is COCC#Cc1ccc2c(c1)[C@@H](N)C1(CCN(c3cc(=O)n(-c4ccc(F)c(OC)c4F)c(C)n3)CC1)C2. The van der Waals surface area contributed by atoms with E-state index in [0.29, 0.717) is 31.3 Å². The second-order valence-electron chi connectivity index (χ2n) is 9.90. The van der Waals surface area contributed by atoms with Crippen LogP contribution in [0, 0.1) is 35.8 Å². The molecule has 0 amide bonds. The number of piperidine rings is 1. The summed E-state index contributed by atoms with van der Waals surface area (Å²) in [5.74, 6) is 4.62. The van der Waals surface area contributed by atoms with Crippen LogP contribution in [0.2, 0.25) is 0 Å². The molecule has 1 aromatic heterocycles. The number of benzene rings is 2. The number of aromatic nitrogens is 2. The van der Waals surface area contributed by atoms with Gasteiger partial charge in [-0.25, -0.2) is 13.8 Å². The maximum Gasteiger partial charge on any atom is 0.260 e. The van der Waals surface area contributed by atoms with Gasteiger partial charge in [0.2, 0.25) is 0 Å². The van der Waals surface area contributed by atoms with Gasteiger partial charge in [-0.2, -0.15) is 0 Å². The van der Waals surface area contributed by atoms with E-state index in [1.54, 1.807) is 14.0 Å². The van der Waals surface area contributed by atoms with Crippen molar-refractivity contribution >= 4 is 5.82 Å². The highest BCUT2D eigenvalue weighted by atomic mass is 19.1. The van der Waals surface area contributed by atoms with E-state index in [9.17, 15) is 13.6 Å². The molecule has 38 heavy (non-hydrogen) atoms. The Hall–Kier alpha value is -3.74. The van der Waals surface area contributed by atoms with Crippen LogP contribution in [0.5, 0.6) is 5.75 Å². The van der Waals surface area contributed by atoms with Gasteiger partial charge in [0.25, 0.3) is 5.56 Å². The minimum absolute atomic E-state index is 0.0603. The summed E-state index contributed by atoms with van der Waals surface area (Å²) in [4.78, 5) is 19.8. The minimum atomic E-state index is -0.949. The number of hydrogen-bond acceptors (Lipinski definition) is 6. The van der Waals surface area contributed by atoms with E-state index in [4.69, 9.17) is 15.2 Å². The van der Waals surface area contributed by atoms with E-state index in [2.05, 4.69) is 33.9 Å². The van der Waals surface area contributed by atoms with Crippen molar-refractivity contribution in [3.8, 4) is 23.3 Å². The summed E-state index contributed by atoms with van der Waals surface area (Å²) in [6.07, 6.45) is 2.60. The molecule has 2 heterocycles. The molecule has 1 saturated heterocycles. The summed E-state index contributed by atoms with van der Waals surface area (Å²) < 4.78 is 39.7. The first-order valence-electron chi connectivity index (χ1n) is 12.5. The van der Waals surface area contributed by atoms with Gasteiger partial charge in [-0.1, -0.05) is 17.9 Å². The lowest BCUT2D eigenvalue weighted by molar-refractivity contribution is 0.187. The third kappa shape index (κ3) is 4.44. The average molecular weight is 521 g/mol. The Bertz CT molecular complexity index is 1500. The molecule has 1 aliphatic carbocycles. The summed E-state index contributed by atoms with van der Waals surface area (Å²) in [5.41, 5.74) is 9.53. The second-order valence-corrected chi connectivity index (χ2v) is 9.90. The Morgan fingerprint density at radius 1 is 1.16 bits per heavy atom. The predicted octanol–water partition coefficient (Wildman–Crippen LogP) is 3.67. The molecule has 9 heteroatoms. The zero-order valence-electron chi connectivity index (χ0n) is 21.7. The van der Waals surface area contributed by atoms with E-state index in [0.717, 1.165) is 41.0 Å². The van der Waals surface area contributed by atoms with Crippen molar-refractivity contribution < 1.29 is 18.3 Å². The largest absolute Gasteiger partial charge is 0.491 e. The first-order valence-corrected chi connectivity index (χ1v) is 12.5. The second kappa shape index (κ2) is 10.2. The number of ether oxygens (including phenoxy) is 2. The molecule has 5 rings (SSSR count). The number of halogens is 2. The fourth-order valence-corrected chi connectivity index (χ4v) is 5.74. The van der Waals surface area contributed by atoms with Gasteiger partial charge >= 0.3 is 0 Å². The van der Waals surface area contributed by atoms with Crippen LogP contribution in [0.4, 0.5) is 14.6 Å². The van der Waals surface area contributed by atoms with E-state index in [1.165, 1.54) is 24.8 Å². The van der Waals surface area contributed by atoms with Gasteiger partial charge in [0.15, 0.2) is 17.4 Å². The molecule has 1 atom stereocenters. The molecular weight excluding hydrogens is 490 g/mol. The highest BCUT2D eigenvalue weighted by Gasteiger charge is 2.46. The molecule has 1 fully saturated rings. The average Bonchev–Trinajstić information content (AvgIpc) is 3.16. The fourth-order valence-electron chi connectivity index (χ4n) is 5.74. The molecular formula is C29H30F2N4O3. The zero-order valence-corrected chi connectivity index (χ0v) is 21.7. The van der Waals surface area contributed by atoms with Gasteiger partial charge < -0.3 is 20.1 Å².